The molecule has 1 N–H and O–H groups in total. The Balaban J connectivity index is 1.53. The number of rotatable bonds is 3. The largest absolute Gasteiger partial charge is 0.508 e. The second kappa shape index (κ2) is 7.12. The molecule has 0 aromatic heterocycles. The van der Waals surface area contributed by atoms with Gasteiger partial charge in [-0.05, 0) is 43.4 Å². The van der Waals surface area contributed by atoms with E-state index in [9.17, 15) is 9.90 Å². The first-order chi connectivity index (χ1) is 12.6. The van der Waals surface area contributed by atoms with E-state index in [1.165, 1.54) is 12.0 Å². The summed E-state index contributed by atoms with van der Waals surface area (Å²) < 4.78 is 0. The lowest BCUT2D eigenvalue weighted by molar-refractivity contribution is 0.0583. The van der Waals surface area contributed by atoms with Gasteiger partial charge in [0.2, 0.25) is 0 Å². The average Bonchev–Trinajstić information content (AvgIpc) is 2.95. The third kappa shape index (κ3) is 3.34. The molecule has 26 heavy (non-hydrogen) atoms. The molecule has 0 unspecified atom stereocenters. The minimum absolute atomic E-state index is 0.0645. The molecule has 2 bridgehead atoms. The van der Waals surface area contributed by atoms with Gasteiger partial charge in [-0.2, -0.15) is 0 Å². The molecule has 0 aliphatic carbocycles. The van der Waals surface area contributed by atoms with Crippen LogP contribution in [0.2, 0.25) is 0 Å². The van der Waals surface area contributed by atoms with Gasteiger partial charge in [0.05, 0.1) is 0 Å². The first-order valence-corrected chi connectivity index (χ1v) is 9.47. The van der Waals surface area contributed by atoms with E-state index in [0.717, 1.165) is 32.6 Å². The monoisotopic (exact) mass is 350 g/mol. The van der Waals surface area contributed by atoms with Gasteiger partial charge in [0.1, 0.15) is 5.75 Å². The van der Waals surface area contributed by atoms with E-state index in [4.69, 9.17) is 0 Å². The Labute approximate surface area is 155 Å². The van der Waals surface area contributed by atoms with Crippen molar-refractivity contribution in [1.29, 1.82) is 0 Å². The Morgan fingerprint density at radius 3 is 2.65 bits per heavy atom. The Hall–Kier alpha value is -2.33. The van der Waals surface area contributed by atoms with Gasteiger partial charge in [0, 0.05) is 43.3 Å². The first kappa shape index (κ1) is 17.1. The number of aromatic hydroxyl groups is 1. The number of phenolic OH excluding ortho intramolecular Hbond substituents is 1. The number of carbonyl (C=O) groups excluding carboxylic acids is 1. The van der Waals surface area contributed by atoms with Crippen LogP contribution < -0.4 is 0 Å². The highest BCUT2D eigenvalue weighted by atomic mass is 16.3. The standard InChI is InChI=1S/C22H26N2O2/c1-16-20(8-5-9-21(16)25)22(26)24-14-18-10-11-19(24)15-23(13-18)12-17-6-3-2-4-7-17/h2-9,18-19,25H,10-15H2,1H3/t18-,19+/m0/s1. The molecule has 4 heteroatoms. The van der Waals surface area contributed by atoms with Crippen molar-refractivity contribution in [3.8, 4) is 5.75 Å². The molecule has 2 aromatic carbocycles. The predicted molar refractivity (Wildman–Crippen MR) is 102 cm³/mol. The van der Waals surface area contributed by atoms with Gasteiger partial charge in [-0.1, -0.05) is 36.4 Å². The number of amides is 1. The van der Waals surface area contributed by atoms with Crippen molar-refractivity contribution in [3.63, 3.8) is 0 Å². The highest BCUT2D eigenvalue weighted by molar-refractivity contribution is 5.96. The van der Waals surface area contributed by atoms with E-state index in [1.807, 2.05) is 19.1 Å². The zero-order valence-electron chi connectivity index (χ0n) is 15.3. The lowest BCUT2D eigenvalue weighted by Crippen LogP contribution is -2.47. The van der Waals surface area contributed by atoms with Gasteiger partial charge < -0.3 is 10.0 Å². The van der Waals surface area contributed by atoms with Crippen LogP contribution in [-0.2, 0) is 6.54 Å². The van der Waals surface area contributed by atoms with E-state index >= 15 is 0 Å². The molecule has 3 aliphatic rings. The van der Waals surface area contributed by atoms with Crippen LogP contribution in [0.5, 0.6) is 5.75 Å². The summed E-state index contributed by atoms with van der Waals surface area (Å²) >= 11 is 0. The van der Waals surface area contributed by atoms with Crippen LogP contribution in [0.25, 0.3) is 0 Å². The highest BCUT2D eigenvalue weighted by Crippen LogP contribution is 2.31. The van der Waals surface area contributed by atoms with Crippen molar-refractivity contribution in [2.75, 3.05) is 19.6 Å². The Bertz CT molecular complexity index is 790. The van der Waals surface area contributed by atoms with Gasteiger partial charge in [0.25, 0.3) is 5.91 Å². The number of benzene rings is 2. The topological polar surface area (TPSA) is 43.8 Å². The molecule has 3 heterocycles. The van der Waals surface area contributed by atoms with E-state index in [1.54, 1.807) is 12.1 Å². The Morgan fingerprint density at radius 2 is 1.85 bits per heavy atom. The summed E-state index contributed by atoms with van der Waals surface area (Å²) in [6, 6.07) is 16.1. The van der Waals surface area contributed by atoms with Gasteiger partial charge in [-0.25, -0.2) is 0 Å². The van der Waals surface area contributed by atoms with E-state index in [2.05, 4.69) is 34.1 Å². The minimum Gasteiger partial charge on any atom is -0.508 e. The molecule has 3 fully saturated rings. The molecule has 1 amide bonds. The maximum atomic E-state index is 13.2. The summed E-state index contributed by atoms with van der Waals surface area (Å²) in [5.74, 6) is 0.787. The third-order valence-corrected chi connectivity index (χ3v) is 5.83. The van der Waals surface area contributed by atoms with Crippen LogP contribution in [0.3, 0.4) is 0 Å². The van der Waals surface area contributed by atoms with Crippen LogP contribution in [0.15, 0.2) is 48.5 Å². The minimum atomic E-state index is 0.0645. The fraction of sp³-hybridized carbons (Fsp3) is 0.409. The SMILES string of the molecule is Cc1c(O)cccc1C(=O)N1C[C@H]2CC[C@@H]1CN(Cc1ccccc1)C2. The van der Waals surface area contributed by atoms with Crippen molar-refractivity contribution >= 4 is 5.91 Å². The van der Waals surface area contributed by atoms with E-state index < -0.39 is 0 Å². The van der Waals surface area contributed by atoms with Crippen molar-refractivity contribution < 1.29 is 9.90 Å². The summed E-state index contributed by atoms with van der Waals surface area (Å²) in [5.41, 5.74) is 2.64. The summed E-state index contributed by atoms with van der Waals surface area (Å²) in [5, 5.41) is 9.96. The Morgan fingerprint density at radius 1 is 1.04 bits per heavy atom. The zero-order chi connectivity index (χ0) is 18.1. The second-order valence-corrected chi connectivity index (χ2v) is 7.68. The molecule has 3 saturated heterocycles. The van der Waals surface area contributed by atoms with Gasteiger partial charge in [-0.15, -0.1) is 0 Å². The number of hydrogen-bond acceptors (Lipinski definition) is 3. The van der Waals surface area contributed by atoms with Crippen LogP contribution in [-0.4, -0.2) is 46.5 Å². The number of phenols is 1. The highest BCUT2D eigenvalue weighted by Gasteiger charge is 2.37. The molecule has 3 aliphatic heterocycles. The number of fused-ring (bicyclic) bond motifs is 4. The third-order valence-electron chi connectivity index (χ3n) is 5.83. The first-order valence-electron chi connectivity index (χ1n) is 9.47. The predicted octanol–water partition coefficient (Wildman–Crippen LogP) is 3.44. The molecule has 0 spiro atoms. The summed E-state index contributed by atoms with van der Waals surface area (Å²) in [7, 11) is 0. The van der Waals surface area contributed by atoms with Crippen molar-refractivity contribution in [2.45, 2.75) is 32.4 Å². The lowest BCUT2D eigenvalue weighted by atomic mass is 9.93. The quantitative estimate of drug-likeness (QED) is 0.922. The normalized spacial score (nSPS) is 23.0. The summed E-state index contributed by atoms with van der Waals surface area (Å²) in [6.45, 7) is 5.56. The fourth-order valence-electron chi connectivity index (χ4n) is 4.41. The van der Waals surface area contributed by atoms with Crippen molar-refractivity contribution in [1.82, 2.24) is 9.80 Å². The maximum absolute atomic E-state index is 13.2. The maximum Gasteiger partial charge on any atom is 0.254 e. The molecular weight excluding hydrogens is 324 g/mol. The second-order valence-electron chi connectivity index (χ2n) is 7.68. The summed E-state index contributed by atoms with van der Waals surface area (Å²) in [6.07, 6.45) is 2.26. The molecule has 5 rings (SSSR count). The van der Waals surface area contributed by atoms with Crippen LogP contribution in [0, 0.1) is 12.8 Å². The number of carbonyl (C=O) groups is 1. The van der Waals surface area contributed by atoms with Gasteiger partial charge >= 0.3 is 0 Å². The smallest absolute Gasteiger partial charge is 0.254 e. The van der Waals surface area contributed by atoms with Crippen LogP contribution in [0.1, 0.15) is 34.3 Å². The van der Waals surface area contributed by atoms with Crippen LogP contribution >= 0.6 is 0 Å². The fourth-order valence-corrected chi connectivity index (χ4v) is 4.41. The lowest BCUT2D eigenvalue weighted by Gasteiger charge is -2.36. The van der Waals surface area contributed by atoms with Gasteiger partial charge in [-0.3, -0.25) is 9.69 Å². The number of hydrogen-bond donors (Lipinski definition) is 1. The zero-order valence-corrected chi connectivity index (χ0v) is 15.3. The molecular formula is C22H26N2O2. The Kier molecular flexibility index (Phi) is 4.68. The number of nitrogens with zero attached hydrogens (tertiary/aromatic N) is 2. The summed E-state index contributed by atoms with van der Waals surface area (Å²) in [4.78, 5) is 17.7. The van der Waals surface area contributed by atoms with Crippen LogP contribution in [0.4, 0.5) is 0 Å². The van der Waals surface area contributed by atoms with Crippen molar-refractivity contribution in [2.24, 2.45) is 5.92 Å². The molecule has 0 radical (unpaired) electrons. The molecule has 2 atom stereocenters. The number of piperidine rings is 1. The molecule has 136 valence electrons. The molecule has 0 saturated carbocycles. The van der Waals surface area contributed by atoms with E-state index in [0.29, 0.717) is 17.0 Å². The van der Waals surface area contributed by atoms with Gasteiger partial charge in [0.15, 0.2) is 0 Å². The molecule has 4 nitrogen and oxygen atoms in total. The average molecular weight is 350 g/mol. The van der Waals surface area contributed by atoms with E-state index in [-0.39, 0.29) is 17.7 Å². The van der Waals surface area contributed by atoms with Crippen molar-refractivity contribution in [3.05, 3.63) is 65.2 Å². The molecule has 2 aromatic rings.